The van der Waals surface area contributed by atoms with Crippen molar-refractivity contribution in [3.8, 4) is 0 Å². The van der Waals surface area contributed by atoms with Crippen molar-refractivity contribution in [1.82, 2.24) is 20.2 Å². The number of carbonyl (C=O) groups is 1. The number of tetrazole rings is 1. The number of ether oxygens (including phenoxy) is 1. The van der Waals surface area contributed by atoms with Crippen molar-refractivity contribution in [2.75, 3.05) is 6.61 Å². The third-order valence-corrected chi connectivity index (χ3v) is 2.06. The molecule has 0 saturated heterocycles. The van der Waals surface area contributed by atoms with E-state index in [9.17, 15) is 4.79 Å². The van der Waals surface area contributed by atoms with Gasteiger partial charge in [-0.3, -0.25) is 0 Å². The number of nitrogens with zero attached hydrogens (tertiary/aromatic N) is 4. The van der Waals surface area contributed by atoms with Gasteiger partial charge in [0.05, 0.1) is 6.61 Å². The number of aryl methyl sites for hydroxylation is 1. The van der Waals surface area contributed by atoms with Gasteiger partial charge in [0.1, 0.15) is 0 Å². The predicted molar refractivity (Wildman–Crippen MR) is 57.8 cm³/mol. The van der Waals surface area contributed by atoms with Crippen molar-refractivity contribution in [2.24, 2.45) is 5.41 Å². The molecular formula is C10H18N4O2. The smallest absolute Gasteiger partial charge is 0.378 e. The molecule has 1 aromatic rings. The number of aromatic nitrogens is 4. The van der Waals surface area contributed by atoms with Crippen LogP contribution in [0.2, 0.25) is 0 Å². The standard InChI is InChI=1S/C10H18N4O2/c1-5-16-9(15)8-11-12-13-14(8)7-6-10(2,3)4/h5-7H2,1-4H3. The minimum absolute atomic E-state index is 0.172. The first-order valence-electron chi connectivity index (χ1n) is 5.37. The van der Waals surface area contributed by atoms with Gasteiger partial charge in [0.25, 0.3) is 5.82 Å². The van der Waals surface area contributed by atoms with Gasteiger partial charge in [-0.1, -0.05) is 20.8 Å². The van der Waals surface area contributed by atoms with E-state index in [1.807, 2.05) is 0 Å². The topological polar surface area (TPSA) is 69.9 Å². The Hall–Kier alpha value is -1.46. The summed E-state index contributed by atoms with van der Waals surface area (Å²) in [6.45, 7) is 9.07. The van der Waals surface area contributed by atoms with Crippen LogP contribution in [0.1, 0.15) is 44.7 Å². The van der Waals surface area contributed by atoms with E-state index in [1.165, 1.54) is 4.68 Å². The molecule has 1 heterocycles. The third-order valence-electron chi connectivity index (χ3n) is 2.06. The summed E-state index contributed by atoms with van der Waals surface area (Å²) in [5.74, 6) is -0.299. The number of esters is 1. The molecule has 0 atom stereocenters. The van der Waals surface area contributed by atoms with Crippen LogP contribution < -0.4 is 0 Å². The van der Waals surface area contributed by atoms with Gasteiger partial charge in [0, 0.05) is 6.54 Å². The summed E-state index contributed by atoms with van der Waals surface area (Å²) in [5.41, 5.74) is 0.178. The molecule has 6 nitrogen and oxygen atoms in total. The maximum atomic E-state index is 11.5. The highest BCUT2D eigenvalue weighted by atomic mass is 16.5. The first-order chi connectivity index (χ1) is 7.44. The highest BCUT2D eigenvalue weighted by Gasteiger charge is 2.18. The Kier molecular flexibility index (Phi) is 3.98. The van der Waals surface area contributed by atoms with Crippen molar-refractivity contribution in [3.05, 3.63) is 5.82 Å². The first kappa shape index (κ1) is 12.6. The van der Waals surface area contributed by atoms with Crippen LogP contribution in [0, 0.1) is 5.41 Å². The SMILES string of the molecule is CCOC(=O)c1nnnn1CCC(C)(C)C. The minimum Gasteiger partial charge on any atom is -0.460 e. The van der Waals surface area contributed by atoms with E-state index in [0.717, 1.165) is 6.42 Å². The monoisotopic (exact) mass is 226 g/mol. The Labute approximate surface area is 95.0 Å². The summed E-state index contributed by atoms with van der Waals surface area (Å²) in [4.78, 5) is 11.5. The van der Waals surface area contributed by atoms with E-state index in [-0.39, 0.29) is 11.2 Å². The lowest BCUT2D eigenvalue weighted by atomic mass is 9.92. The fraction of sp³-hybridized carbons (Fsp3) is 0.800. The summed E-state index contributed by atoms with van der Waals surface area (Å²) in [5, 5.41) is 10.9. The lowest BCUT2D eigenvalue weighted by molar-refractivity contribution is 0.0503. The summed E-state index contributed by atoms with van der Waals surface area (Å²) >= 11 is 0. The molecular weight excluding hydrogens is 208 g/mol. The van der Waals surface area contributed by atoms with Crippen molar-refractivity contribution in [1.29, 1.82) is 0 Å². The predicted octanol–water partition coefficient (Wildman–Crippen LogP) is 1.29. The average molecular weight is 226 g/mol. The highest BCUT2D eigenvalue weighted by molar-refractivity contribution is 5.85. The molecule has 0 aromatic carbocycles. The van der Waals surface area contributed by atoms with E-state index in [2.05, 4.69) is 36.3 Å². The molecule has 0 spiro atoms. The third kappa shape index (κ3) is 3.60. The van der Waals surface area contributed by atoms with Crippen LogP contribution in [0.25, 0.3) is 0 Å². The summed E-state index contributed by atoms with van der Waals surface area (Å²) in [6, 6.07) is 0. The van der Waals surface area contributed by atoms with Crippen molar-refractivity contribution in [2.45, 2.75) is 40.7 Å². The van der Waals surface area contributed by atoms with E-state index < -0.39 is 5.97 Å². The van der Waals surface area contributed by atoms with Crippen LogP contribution in [-0.2, 0) is 11.3 Å². The molecule has 0 N–H and O–H groups in total. The van der Waals surface area contributed by atoms with Crippen molar-refractivity contribution in [3.63, 3.8) is 0 Å². The van der Waals surface area contributed by atoms with Gasteiger partial charge in [-0.05, 0) is 29.2 Å². The number of hydrogen-bond donors (Lipinski definition) is 0. The molecule has 0 radical (unpaired) electrons. The second-order valence-corrected chi connectivity index (χ2v) is 4.76. The molecule has 0 amide bonds. The van der Waals surface area contributed by atoms with Crippen LogP contribution in [0.4, 0.5) is 0 Å². The molecule has 16 heavy (non-hydrogen) atoms. The maximum Gasteiger partial charge on any atom is 0.378 e. The molecule has 6 heteroatoms. The van der Waals surface area contributed by atoms with Crippen LogP contribution in [0.3, 0.4) is 0 Å². The zero-order valence-corrected chi connectivity index (χ0v) is 10.2. The van der Waals surface area contributed by atoms with Crippen LogP contribution in [-0.4, -0.2) is 32.8 Å². The van der Waals surface area contributed by atoms with Crippen molar-refractivity contribution >= 4 is 5.97 Å². The fourth-order valence-electron chi connectivity index (χ4n) is 1.14. The molecule has 0 saturated carbocycles. The Morgan fingerprint density at radius 2 is 2.12 bits per heavy atom. The van der Waals surface area contributed by atoms with Gasteiger partial charge in [-0.2, -0.15) is 0 Å². The first-order valence-corrected chi connectivity index (χ1v) is 5.37. The molecule has 0 aliphatic rings. The van der Waals surface area contributed by atoms with Gasteiger partial charge in [-0.15, -0.1) is 5.10 Å². The van der Waals surface area contributed by atoms with E-state index >= 15 is 0 Å². The van der Waals surface area contributed by atoms with E-state index in [4.69, 9.17) is 4.74 Å². The maximum absolute atomic E-state index is 11.5. The Morgan fingerprint density at radius 1 is 1.44 bits per heavy atom. The number of rotatable bonds is 4. The van der Waals surface area contributed by atoms with E-state index in [0.29, 0.717) is 13.2 Å². The van der Waals surface area contributed by atoms with Gasteiger partial charge >= 0.3 is 5.97 Å². The number of carbonyl (C=O) groups excluding carboxylic acids is 1. The highest BCUT2D eigenvalue weighted by Crippen LogP contribution is 2.19. The quantitative estimate of drug-likeness (QED) is 0.723. The Bertz CT molecular complexity index is 354. The van der Waals surface area contributed by atoms with E-state index in [1.54, 1.807) is 6.92 Å². The van der Waals surface area contributed by atoms with Crippen LogP contribution in [0.5, 0.6) is 0 Å². The van der Waals surface area contributed by atoms with Gasteiger partial charge in [0.2, 0.25) is 0 Å². The minimum atomic E-state index is -0.471. The molecule has 0 bridgehead atoms. The largest absolute Gasteiger partial charge is 0.460 e. The molecule has 0 aliphatic carbocycles. The molecule has 0 aliphatic heterocycles. The Morgan fingerprint density at radius 3 is 2.69 bits per heavy atom. The van der Waals surface area contributed by atoms with Crippen LogP contribution in [0.15, 0.2) is 0 Å². The summed E-state index contributed by atoms with van der Waals surface area (Å²) in [6.07, 6.45) is 0.893. The average Bonchev–Trinajstić information content (AvgIpc) is 2.61. The molecule has 0 fully saturated rings. The molecule has 1 aromatic heterocycles. The molecule has 1 rings (SSSR count). The second-order valence-electron chi connectivity index (χ2n) is 4.76. The molecule has 0 unspecified atom stereocenters. The lowest BCUT2D eigenvalue weighted by Crippen LogP contribution is -2.17. The normalized spacial score (nSPS) is 11.5. The van der Waals surface area contributed by atoms with Gasteiger partial charge < -0.3 is 4.74 Å². The summed E-state index contributed by atoms with van der Waals surface area (Å²) in [7, 11) is 0. The van der Waals surface area contributed by atoms with Gasteiger partial charge in [-0.25, -0.2) is 9.48 Å². The lowest BCUT2D eigenvalue weighted by Gasteiger charge is -2.17. The molecule has 90 valence electrons. The Balaban J connectivity index is 2.67. The zero-order chi connectivity index (χ0) is 12.2. The second kappa shape index (κ2) is 5.05. The van der Waals surface area contributed by atoms with Gasteiger partial charge in [0.15, 0.2) is 0 Å². The summed E-state index contributed by atoms with van der Waals surface area (Å²) < 4.78 is 6.35. The zero-order valence-electron chi connectivity index (χ0n) is 10.2. The van der Waals surface area contributed by atoms with Crippen molar-refractivity contribution < 1.29 is 9.53 Å². The van der Waals surface area contributed by atoms with Crippen LogP contribution >= 0.6 is 0 Å². The number of hydrogen-bond acceptors (Lipinski definition) is 5. The fourth-order valence-corrected chi connectivity index (χ4v) is 1.14.